The van der Waals surface area contributed by atoms with Gasteiger partial charge in [0.2, 0.25) is 0 Å². The van der Waals surface area contributed by atoms with Crippen LogP contribution in [0.3, 0.4) is 0 Å². The van der Waals surface area contributed by atoms with Crippen molar-refractivity contribution in [1.82, 2.24) is 9.55 Å². The maximum Gasteiger partial charge on any atom is 0.473 e. The molecule has 1 aromatic rings. The smallest absolute Gasteiger partial charge is 0.394 e. The van der Waals surface area contributed by atoms with Crippen molar-refractivity contribution in [3.8, 4) is 0 Å². The van der Waals surface area contributed by atoms with Crippen LogP contribution in [0.15, 0.2) is 21.9 Å². The Hall–Kier alpha value is -0.290. The molecule has 3 rings (SSSR count). The SMILES string of the molecule is O=c1ccn([C@@H]2O[C@H](CO)[C@H]3OP(=O)(O)O[C@H]32)c(=O)[nH]1.[Na]. The number of hydrogen-bond acceptors (Lipinski definition) is 7. The summed E-state index contributed by atoms with van der Waals surface area (Å²) in [6.45, 7) is -0.473. The third-order valence-electron chi connectivity index (χ3n) is 3.10. The van der Waals surface area contributed by atoms with Gasteiger partial charge in [-0.3, -0.25) is 23.4 Å². The van der Waals surface area contributed by atoms with E-state index in [0.29, 0.717) is 0 Å². The summed E-state index contributed by atoms with van der Waals surface area (Å²) in [6.07, 6.45) is -2.82. The molecule has 21 heavy (non-hydrogen) atoms. The molecule has 2 aliphatic heterocycles. The van der Waals surface area contributed by atoms with Gasteiger partial charge in [0.05, 0.1) is 6.61 Å². The normalized spacial score (nSPS) is 38.0. The average Bonchev–Trinajstić information content (AvgIpc) is 2.83. The molecule has 3 heterocycles. The minimum Gasteiger partial charge on any atom is -0.394 e. The van der Waals surface area contributed by atoms with Crippen molar-refractivity contribution >= 4 is 37.4 Å². The van der Waals surface area contributed by atoms with E-state index in [1.807, 2.05) is 4.98 Å². The first-order valence-electron chi connectivity index (χ1n) is 5.69. The van der Waals surface area contributed by atoms with Crippen LogP contribution in [-0.2, 0) is 18.3 Å². The second kappa shape index (κ2) is 6.07. The molecule has 2 saturated heterocycles. The Morgan fingerprint density at radius 3 is 2.62 bits per heavy atom. The largest absolute Gasteiger partial charge is 0.473 e. The number of H-pyrrole nitrogens is 1. The number of aromatic nitrogens is 2. The molecule has 12 heteroatoms. The van der Waals surface area contributed by atoms with E-state index in [9.17, 15) is 24.2 Å². The molecule has 0 aromatic carbocycles. The fourth-order valence-electron chi connectivity index (χ4n) is 2.28. The topological polar surface area (TPSA) is 140 Å². The number of nitrogens with zero attached hydrogens (tertiary/aromatic N) is 1. The van der Waals surface area contributed by atoms with Crippen LogP contribution in [0.25, 0.3) is 0 Å². The predicted molar refractivity (Wildman–Crippen MR) is 67.6 cm³/mol. The van der Waals surface area contributed by atoms with Gasteiger partial charge in [0.1, 0.15) is 18.3 Å². The van der Waals surface area contributed by atoms with Gasteiger partial charge in [0.15, 0.2) is 6.23 Å². The molecule has 0 amide bonds. The number of nitrogens with one attached hydrogen (secondary N) is 1. The summed E-state index contributed by atoms with van der Waals surface area (Å²) in [5, 5.41) is 9.18. The predicted octanol–water partition coefficient (Wildman–Crippen LogP) is -2.07. The summed E-state index contributed by atoms with van der Waals surface area (Å²) >= 11 is 0. The summed E-state index contributed by atoms with van der Waals surface area (Å²) in [6, 6.07) is 1.10. The number of phosphoric ester groups is 1. The molecule has 0 saturated carbocycles. The molecule has 111 valence electrons. The standard InChI is InChI=1S/C9H11N2O8P.Na/c12-3-4-6-7(19-20(15,16)18-6)8(17-4)11-2-1-5(13)10-9(11)14;/h1-2,4,6-8,12H,3H2,(H,15,16)(H,10,13,14);/t4-,6-,7-,8-;/m1./s1. The number of phosphoric acid groups is 1. The number of aromatic amines is 1. The van der Waals surface area contributed by atoms with E-state index in [-0.39, 0.29) is 29.6 Å². The van der Waals surface area contributed by atoms with E-state index in [1.54, 1.807) is 0 Å². The number of hydrogen-bond donors (Lipinski definition) is 3. The molecule has 1 radical (unpaired) electrons. The summed E-state index contributed by atoms with van der Waals surface area (Å²) in [5.74, 6) is 0. The van der Waals surface area contributed by atoms with Crippen molar-refractivity contribution in [2.24, 2.45) is 0 Å². The second-order valence-electron chi connectivity index (χ2n) is 4.37. The summed E-state index contributed by atoms with van der Waals surface area (Å²) < 4.78 is 27.5. The van der Waals surface area contributed by atoms with E-state index in [4.69, 9.17) is 13.8 Å². The second-order valence-corrected chi connectivity index (χ2v) is 5.73. The quantitative estimate of drug-likeness (QED) is 0.415. The Kier molecular flexibility index (Phi) is 4.94. The molecule has 1 aromatic heterocycles. The minimum atomic E-state index is -4.23. The Labute approximate surface area is 139 Å². The molecular weight excluding hydrogens is 318 g/mol. The van der Waals surface area contributed by atoms with Crippen LogP contribution < -0.4 is 11.2 Å². The van der Waals surface area contributed by atoms with Crippen molar-refractivity contribution in [2.45, 2.75) is 24.5 Å². The van der Waals surface area contributed by atoms with Gasteiger partial charge in [-0.2, -0.15) is 0 Å². The summed E-state index contributed by atoms with van der Waals surface area (Å²) in [4.78, 5) is 34.1. The maximum atomic E-state index is 11.7. The Bertz CT molecular complexity index is 689. The molecule has 10 nitrogen and oxygen atoms in total. The van der Waals surface area contributed by atoms with Crippen molar-refractivity contribution in [1.29, 1.82) is 0 Å². The van der Waals surface area contributed by atoms with Crippen LogP contribution in [0, 0.1) is 0 Å². The van der Waals surface area contributed by atoms with Crippen molar-refractivity contribution in [2.75, 3.05) is 6.61 Å². The molecular formula is C9H11N2NaO8P. The van der Waals surface area contributed by atoms with Crippen LogP contribution in [0.5, 0.6) is 0 Å². The van der Waals surface area contributed by atoms with Gasteiger partial charge >= 0.3 is 13.5 Å². The Balaban J connectivity index is 0.00000161. The number of fused-ring (bicyclic) bond motifs is 1. The molecule has 0 bridgehead atoms. The number of aliphatic hydroxyl groups is 1. The van der Waals surface area contributed by atoms with Crippen LogP contribution in [0.4, 0.5) is 0 Å². The van der Waals surface area contributed by atoms with Gasteiger partial charge in [0, 0.05) is 41.8 Å². The van der Waals surface area contributed by atoms with E-state index in [1.165, 1.54) is 6.20 Å². The van der Waals surface area contributed by atoms with Crippen LogP contribution in [0.2, 0.25) is 0 Å². The Morgan fingerprint density at radius 1 is 1.33 bits per heavy atom. The minimum absolute atomic E-state index is 0. The van der Waals surface area contributed by atoms with Crippen LogP contribution in [0.1, 0.15) is 6.23 Å². The first-order chi connectivity index (χ1) is 9.41. The van der Waals surface area contributed by atoms with Gasteiger partial charge in [-0.1, -0.05) is 0 Å². The molecule has 0 spiro atoms. The van der Waals surface area contributed by atoms with Gasteiger partial charge in [0.25, 0.3) is 5.56 Å². The van der Waals surface area contributed by atoms with Crippen LogP contribution in [-0.4, -0.2) is 74.0 Å². The molecule has 3 N–H and O–H groups in total. The molecule has 0 aliphatic carbocycles. The van der Waals surface area contributed by atoms with E-state index < -0.39 is 50.2 Å². The molecule has 1 unspecified atom stereocenters. The Morgan fingerprint density at radius 2 is 2.00 bits per heavy atom. The first-order valence-corrected chi connectivity index (χ1v) is 7.18. The number of rotatable bonds is 2. The summed E-state index contributed by atoms with van der Waals surface area (Å²) in [7, 11) is -4.23. The molecule has 2 fully saturated rings. The van der Waals surface area contributed by atoms with Gasteiger partial charge in [-0.05, 0) is 0 Å². The number of aliphatic hydroxyl groups excluding tert-OH is 1. The maximum absolute atomic E-state index is 11.7. The van der Waals surface area contributed by atoms with Crippen molar-refractivity contribution in [3.63, 3.8) is 0 Å². The van der Waals surface area contributed by atoms with Crippen molar-refractivity contribution < 1.29 is 28.3 Å². The average molecular weight is 329 g/mol. The van der Waals surface area contributed by atoms with Gasteiger partial charge in [-0.25, -0.2) is 9.36 Å². The zero-order valence-corrected chi connectivity index (χ0v) is 13.8. The van der Waals surface area contributed by atoms with Gasteiger partial charge in [-0.15, -0.1) is 0 Å². The first kappa shape index (κ1) is 17.1. The zero-order chi connectivity index (χ0) is 14.5. The molecule has 5 atom stereocenters. The summed E-state index contributed by atoms with van der Waals surface area (Å²) in [5.41, 5.74) is -1.35. The third kappa shape index (κ3) is 3.09. The fourth-order valence-corrected chi connectivity index (χ4v) is 3.42. The van der Waals surface area contributed by atoms with E-state index in [0.717, 1.165) is 10.6 Å². The van der Waals surface area contributed by atoms with E-state index >= 15 is 0 Å². The van der Waals surface area contributed by atoms with E-state index in [2.05, 4.69) is 0 Å². The fraction of sp³-hybridized carbons (Fsp3) is 0.556. The van der Waals surface area contributed by atoms with Gasteiger partial charge < -0.3 is 14.7 Å². The zero-order valence-electron chi connectivity index (χ0n) is 10.9. The molecule has 2 aliphatic rings. The number of ether oxygens (including phenoxy) is 1. The third-order valence-corrected chi connectivity index (χ3v) is 4.12. The van der Waals surface area contributed by atoms with Crippen molar-refractivity contribution in [3.05, 3.63) is 33.1 Å². The monoisotopic (exact) mass is 329 g/mol. The van der Waals surface area contributed by atoms with Crippen LogP contribution >= 0.6 is 7.82 Å².